The Kier molecular flexibility index (Phi) is 4.01. The van der Waals surface area contributed by atoms with E-state index in [9.17, 15) is 18.0 Å². The Morgan fingerprint density at radius 3 is 2.79 bits per heavy atom. The summed E-state index contributed by atoms with van der Waals surface area (Å²) in [6.45, 7) is 0.817. The third kappa shape index (κ3) is 2.90. The molecule has 2 aromatic rings. The van der Waals surface area contributed by atoms with Gasteiger partial charge in [0.05, 0.1) is 5.56 Å². The van der Waals surface area contributed by atoms with Crippen molar-refractivity contribution >= 4 is 5.97 Å². The topological polar surface area (TPSA) is 64.4 Å². The number of benzene rings is 1. The number of piperidine rings is 1. The quantitative estimate of drug-likeness (QED) is 0.800. The largest absolute Gasteiger partial charge is 0.458 e. The van der Waals surface area contributed by atoms with Crippen molar-refractivity contribution in [1.82, 2.24) is 10.5 Å². The van der Waals surface area contributed by atoms with E-state index in [1.807, 2.05) is 0 Å². The predicted octanol–water partition coefficient (Wildman–Crippen LogP) is 3.90. The Morgan fingerprint density at radius 1 is 1.25 bits per heavy atom. The molecular formula is C20H19F3N2O3. The highest BCUT2D eigenvalue weighted by Crippen LogP contribution is 2.51. The molecule has 8 heteroatoms. The van der Waals surface area contributed by atoms with Crippen LogP contribution in [0.4, 0.5) is 13.2 Å². The second kappa shape index (κ2) is 6.34. The van der Waals surface area contributed by atoms with E-state index in [2.05, 4.69) is 10.5 Å². The van der Waals surface area contributed by atoms with Gasteiger partial charge in [0.15, 0.2) is 0 Å². The van der Waals surface area contributed by atoms with Gasteiger partial charge < -0.3 is 14.6 Å². The van der Waals surface area contributed by atoms with Crippen LogP contribution in [0.1, 0.15) is 35.2 Å². The average molecular weight is 392 g/mol. The van der Waals surface area contributed by atoms with Gasteiger partial charge in [0.1, 0.15) is 23.6 Å². The molecule has 1 saturated heterocycles. The van der Waals surface area contributed by atoms with Gasteiger partial charge in [-0.25, -0.2) is 4.79 Å². The van der Waals surface area contributed by atoms with Gasteiger partial charge in [-0.15, -0.1) is 0 Å². The standard InChI is InChI=1S/C20H19F3N2O3/c21-20(22,23)14-4-2-1-3-11(14)18-13(9-27-25-18)19(26)28-16-7-15-17(10-5-6-10)12(16)8-24-15/h1-4,9-10,12,15-17,24H,5-8H2/t12-,15-,16+,17?/m0/s1. The van der Waals surface area contributed by atoms with Crippen molar-refractivity contribution in [2.45, 2.75) is 37.6 Å². The highest BCUT2D eigenvalue weighted by atomic mass is 19.4. The highest BCUT2D eigenvalue weighted by Gasteiger charge is 2.55. The molecule has 2 heterocycles. The summed E-state index contributed by atoms with van der Waals surface area (Å²) in [5, 5.41) is 7.15. The predicted molar refractivity (Wildman–Crippen MR) is 92.3 cm³/mol. The first-order chi connectivity index (χ1) is 13.4. The second-order valence-electron chi connectivity index (χ2n) is 7.89. The number of nitrogens with zero attached hydrogens (tertiary/aromatic N) is 1. The first-order valence-corrected chi connectivity index (χ1v) is 9.49. The fraction of sp³-hybridized carbons (Fsp3) is 0.500. The molecule has 2 aliphatic carbocycles. The maximum atomic E-state index is 13.3. The van der Waals surface area contributed by atoms with E-state index in [1.165, 1.54) is 31.0 Å². The maximum absolute atomic E-state index is 13.3. The van der Waals surface area contributed by atoms with E-state index in [4.69, 9.17) is 9.26 Å². The SMILES string of the molecule is O=C(O[C@@H]1C[C@@H]2NC[C@@H]1C2C1CC1)c1conc1-c1ccccc1C(F)(F)F. The number of rotatable bonds is 4. The van der Waals surface area contributed by atoms with Gasteiger partial charge in [0, 0.05) is 30.5 Å². The Labute approximate surface area is 159 Å². The molecule has 2 bridgehead atoms. The molecule has 1 aromatic carbocycles. The lowest BCUT2D eigenvalue weighted by Gasteiger charge is -2.22. The molecule has 1 unspecified atom stereocenters. The molecule has 0 amide bonds. The lowest BCUT2D eigenvalue weighted by Crippen LogP contribution is -2.35. The number of hydrogen-bond acceptors (Lipinski definition) is 5. The van der Waals surface area contributed by atoms with Crippen LogP contribution in [0, 0.1) is 17.8 Å². The lowest BCUT2D eigenvalue weighted by atomic mass is 9.92. The van der Waals surface area contributed by atoms with E-state index in [0.29, 0.717) is 17.9 Å². The number of esters is 1. The fourth-order valence-corrected chi connectivity index (χ4v) is 4.91. The summed E-state index contributed by atoms with van der Waals surface area (Å²) < 4.78 is 50.6. The average Bonchev–Trinajstić information content (AvgIpc) is 3.12. The molecule has 4 atom stereocenters. The molecule has 3 fully saturated rings. The number of carbonyl (C=O) groups excluding carboxylic acids is 1. The van der Waals surface area contributed by atoms with Crippen LogP contribution in [-0.4, -0.2) is 29.8 Å². The molecule has 0 radical (unpaired) electrons. The minimum atomic E-state index is -4.57. The zero-order valence-electron chi connectivity index (χ0n) is 14.9. The van der Waals surface area contributed by atoms with Gasteiger partial charge in [-0.2, -0.15) is 13.2 Å². The van der Waals surface area contributed by atoms with Crippen molar-refractivity contribution in [3.63, 3.8) is 0 Å². The fourth-order valence-electron chi connectivity index (χ4n) is 4.91. The zero-order chi connectivity index (χ0) is 19.5. The van der Waals surface area contributed by atoms with Crippen LogP contribution in [0.15, 0.2) is 35.1 Å². The van der Waals surface area contributed by atoms with Crippen LogP contribution in [0.5, 0.6) is 0 Å². The Hall–Kier alpha value is -2.35. The van der Waals surface area contributed by atoms with Crippen molar-refractivity contribution in [2.75, 3.05) is 6.54 Å². The number of nitrogens with one attached hydrogen (secondary N) is 1. The Balaban J connectivity index is 1.39. The van der Waals surface area contributed by atoms with E-state index < -0.39 is 17.7 Å². The maximum Gasteiger partial charge on any atom is 0.417 e. The first kappa shape index (κ1) is 17.7. The molecule has 2 saturated carbocycles. The van der Waals surface area contributed by atoms with Crippen LogP contribution in [-0.2, 0) is 10.9 Å². The smallest absolute Gasteiger partial charge is 0.417 e. The van der Waals surface area contributed by atoms with E-state index in [-0.39, 0.29) is 28.8 Å². The summed E-state index contributed by atoms with van der Waals surface area (Å²) in [5.41, 5.74) is -1.27. The molecule has 0 spiro atoms. The van der Waals surface area contributed by atoms with Crippen molar-refractivity contribution < 1.29 is 27.2 Å². The summed E-state index contributed by atoms with van der Waals surface area (Å²) >= 11 is 0. The number of carbonyl (C=O) groups is 1. The summed E-state index contributed by atoms with van der Waals surface area (Å²) in [6.07, 6.45) is -0.519. The highest BCUT2D eigenvalue weighted by molar-refractivity contribution is 5.96. The molecule has 3 aliphatic rings. The van der Waals surface area contributed by atoms with Crippen molar-refractivity contribution in [3.8, 4) is 11.3 Å². The van der Waals surface area contributed by atoms with Gasteiger partial charge in [0.2, 0.25) is 0 Å². The summed E-state index contributed by atoms with van der Waals surface area (Å²) in [7, 11) is 0. The number of alkyl halides is 3. The number of hydrogen-bond donors (Lipinski definition) is 1. The van der Waals surface area contributed by atoms with Gasteiger partial charge >= 0.3 is 12.1 Å². The van der Waals surface area contributed by atoms with Crippen LogP contribution in [0.2, 0.25) is 0 Å². The van der Waals surface area contributed by atoms with E-state index in [1.54, 1.807) is 0 Å². The van der Waals surface area contributed by atoms with Gasteiger partial charge in [0.25, 0.3) is 0 Å². The Morgan fingerprint density at radius 2 is 2.04 bits per heavy atom. The molecule has 28 heavy (non-hydrogen) atoms. The molecule has 5 nitrogen and oxygen atoms in total. The Bertz CT molecular complexity index is 906. The van der Waals surface area contributed by atoms with E-state index in [0.717, 1.165) is 25.3 Å². The normalized spacial score (nSPS) is 29.2. The minimum Gasteiger partial charge on any atom is -0.458 e. The van der Waals surface area contributed by atoms with E-state index >= 15 is 0 Å². The van der Waals surface area contributed by atoms with Crippen LogP contribution < -0.4 is 5.32 Å². The number of fused-ring (bicyclic) bond motifs is 2. The summed E-state index contributed by atoms with van der Waals surface area (Å²) in [4.78, 5) is 12.8. The third-order valence-electron chi connectivity index (χ3n) is 6.24. The van der Waals surface area contributed by atoms with Crippen LogP contribution in [0.25, 0.3) is 11.3 Å². The van der Waals surface area contributed by atoms with Crippen molar-refractivity contribution in [3.05, 3.63) is 41.7 Å². The monoisotopic (exact) mass is 392 g/mol. The zero-order valence-corrected chi connectivity index (χ0v) is 14.9. The van der Waals surface area contributed by atoms with Gasteiger partial charge in [-0.3, -0.25) is 0 Å². The third-order valence-corrected chi connectivity index (χ3v) is 6.24. The van der Waals surface area contributed by atoms with Gasteiger partial charge in [-0.1, -0.05) is 23.4 Å². The number of aromatic nitrogens is 1. The molecule has 1 aliphatic heterocycles. The first-order valence-electron chi connectivity index (χ1n) is 9.49. The second-order valence-corrected chi connectivity index (χ2v) is 7.89. The van der Waals surface area contributed by atoms with Gasteiger partial charge in [-0.05, 0) is 30.7 Å². The van der Waals surface area contributed by atoms with Crippen LogP contribution in [0.3, 0.4) is 0 Å². The minimum absolute atomic E-state index is 0.0737. The van der Waals surface area contributed by atoms with Crippen molar-refractivity contribution in [2.24, 2.45) is 17.8 Å². The lowest BCUT2D eigenvalue weighted by molar-refractivity contribution is -0.137. The summed E-state index contributed by atoms with van der Waals surface area (Å²) in [5.74, 6) is 0.830. The molecule has 5 rings (SSSR count). The van der Waals surface area contributed by atoms with Crippen LogP contribution >= 0.6 is 0 Å². The number of halogens is 3. The molecule has 1 aromatic heterocycles. The molecule has 1 N–H and O–H groups in total. The number of ether oxygens (including phenoxy) is 1. The van der Waals surface area contributed by atoms with Crippen molar-refractivity contribution in [1.29, 1.82) is 0 Å². The summed E-state index contributed by atoms with van der Waals surface area (Å²) in [6, 6.07) is 5.37. The molecule has 148 valence electrons. The molecular weight excluding hydrogens is 373 g/mol.